The standard InChI is InChI=1S/C4H5F3O4S/c1-2-10-12(8,9)11-4(7)3(5)6/h2H2,1H3. The van der Waals surface area contributed by atoms with Crippen LogP contribution in [0.2, 0.25) is 0 Å². The Morgan fingerprint density at radius 2 is 1.83 bits per heavy atom. The molecule has 0 bridgehead atoms. The van der Waals surface area contributed by atoms with E-state index in [1.54, 1.807) is 0 Å². The molecule has 8 heteroatoms. The Morgan fingerprint density at radius 3 is 2.17 bits per heavy atom. The molecule has 0 atom stereocenters. The third-order valence-electron chi connectivity index (χ3n) is 0.586. The minimum atomic E-state index is -4.69. The average Bonchev–Trinajstić information content (AvgIpc) is 1.85. The fourth-order valence-corrected chi connectivity index (χ4v) is 0.868. The van der Waals surface area contributed by atoms with Crippen LogP contribution in [0, 0.1) is 0 Å². The van der Waals surface area contributed by atoms with Crippen molar-refractivity contribution in [3.63, 3.8) is 0 Å². The maximum Gasteiger partial charge on any atom is 0.451 e. The highest BCUT2D eigenvalue weighted by atomic mass is 32.3. The molecule has 72 valence electrons. The lowest BCUT2D eigenvalue weighted by atomic mass is 10.9. The molecule has 0 radical (unpaired) electrons. The van der Waals surface area contributed by atoms with Crippen LogP contribution in [-0.4, -0.2) is 15.0 Å². The third kappa shape index (κ3) is 4.19. The van der Waals surface area contributed by atoms with Crippen molar-refractivity contribution in [3.8, 4) is 0 Å². The van der Waals surface area contributed by atoms with E-state index < -0.39 is 22.5 Å². The predicted molar refractivity (Wildman–Crippen MR) is 32.0 cm³/mol. The molecule has 0 saturated heterocycles. The SMILES string of the molecule is CCOS(=O)(=O)OC(F)=C(F)F. The largest absolute Gasteiger partial charge is 0.451 e. The smallest absolute Gasteiger partial charge is 0.326 e. The fraction of sp³-hybridized carbons (Fsp3) is 0.500. The molecule has 0 aliphatic carbocycles. The Morgan fingerprint density at radius 1 is 1.33 bits per heavy atom. The van der Waals surface area contributed by atoms with E-state index in [1.807, 2.05) is 0 Å². The van der Waals surface area contributed by atoms with Gasteiger partial charge in [0.05, 0.1) is 6.61 Å². The Hall–Kier alpha value is -0.760. The summed E-state index contributed by atoms with van der Waals surface area (Å²) >= 11 is 0. The summed E-state index contributed by atoms with van der Waals surface area (Å²) in [4.78, 5) is 0. The van der Waals surface area contributed by atoms with Crippen molar-refractivity contribution in [2.45, 2.75) is 6.92 Å². The fourth-order valence-electron chi connectivity index (χ4n) is 0.289. The van der Waals surface area contributed by atoms with Crippen molar-refractivity contribution >= 4 is 10.4 Å². The average molecular weight is 206 g/mol. The van der Waals surface area contributed by atoms with Crippen molar-refractivity contribution in [1.82, 2.24) is 0 Å². The minimum Gasteiger partial charge on any atom is -0.326 e. The summed E-state index contributed by atoms with van der Waals surface area (Å²) in [6.07, 6.45) is -2.86. The Balaban J connectivity index is 4.37. The first kappa shape index (κ1) is 11.2. The molecule has 0 fully saturated rings. The molecule has 0 rings (SSSR count). The molecule has 0 aliphatic rings. The second-order valence-corrected chi connectivity index (χ2v) is 2.65. The van der Waals surface area contributed by atoms with E-state index in [9.17, 15) is 21.6 Å². The Bertz CT molecular complexity index is 266. The number of halogens is 3. The summed E-state index contributed by atoms with van der Waals surface area (Å²) in [6, 6.07) is -2.48. The van der Waals surface area contributed by atoms with Gasteiger partial charge in [0.15, 0.2) is 0 Å². The van der Waals surface area contributed by atoms with Crippen LogP contribution in [0.3, 0.4) is 0 Å². The van der Waals surface area contributed by atoms with Crippen LogP contribution in [0.5, 0.6) is 0 Å². The first-order valence-electron chi connectivity index (χ1n) is 2.68. The zero-order valence-corrected chi connectivity index (χ0v) is 6.70. The van der Waals surface area contributed by atoms with Gasteiger partial charge in [-0.1, -0.05) is 0 Å². The molecule has 0 aromatic rings. The van der Waals surface area contributed by atoms with Gasteiger partial charge in [0, 0.05) is 0 Å². The molecular weight excluding hydrogens is 201 g/mol. The van der Waals surface area contributed by atoms with Crippen LogP contribution >= 0.6 is 0 Å². The van der Waals surface area contributed by atoms with Crippen LogP contribution < -0.4 is 0 Å². The summed E-state index contributed by atoms with van der Waals surface area (Å²) in [5.74, 6) is 0. The van der Waals surface area contributed by atoms with Crippen molar-refractivity contribution < 1.29 is 30.0 Å². The summed E-state index contributed by atoms with van der Waals surface area (Å²) in [5, 5.41) is 0. The van der Waals surface area contributed by atoms with Gasteiger partial charge < -0.3 is 4.18 Å². The minimum absolute atomic E-state index is 0.330. The molecule has 0 heterocycles. The van der Waals surface area contributed by atoms with Crippen LogP contribution in [0.1, 0.15) is 6.92 Å². The maximum absolute atomic E-state index is 11.8. The van der Waals surface area contributed by atoms with Gasteiger partial charge >= 0.3 is 22.5 Å². The van der Waals surface area contributed by atoms with Crippen molar-refractivity contribution in [3.05, 3.63) is 12.1 Å². The van der Waals surface area contributed by atoms with Crippen LogP contribution in [0.15, 0.2) is 12.1 Å². The van der Waals surface area contributed by atoms with Gasteiger partial charge in [0.2, 0.25) is 0 Å². The molecule has 0 aromatic carbocycles. The number of hydrogen-bond acceptors (Lipinski definition) is 4. The highest BCUT2D eigenvalue weighted by Crippen LogP contribution is 2.14. The molecule has 0 unspecified atom stereocenters. The van der Waals surface area contributed by atoms with Gasteiger partial charge in [0.1, 0.15) is 0 Å². The van der Waals surface area contributed by atoms with Gasteiger partial charge in [-0.2, -0.15) is 21.6 Å². The highest BCUT2D eigenvalue weighted by Gasteiger charge is 2.18. The summed E-state index contributed by atoms with van der Waals surface area (Å²) in [7, 11) is -4.69. The van der Waals surface area contributed by atoms with E-state index in [4.69, 9.17) is 0 Å². The van der Waals surface area contributed by atoms with Crippen molar-refractivity contribution in [1.29, 1.82) is 0 Å². The lowest BCUT2D eigenvalue weighted by Gasteiger charge is -2.00. The summed E-state index contributed by atoms with van der Waals surface area (Å²) in [6.45, 7) is 0.942. The molecule has 0 amide bonds. The highest BCUT2D eigenvalue weighted by molar-refractivity contribution is 7.82. The molecule has 0 N–H and O–H groups in total. The summed E-state index contributed by atoms with van der Waals surface area (Å²) in [5.41, 5.74) is 0. The van der Waals surface area contributed by atoms with E-state index in [2.05, 4.69) is 8.37 Å². The molecule has 0 aromatic heterocycles. The topological polar surface area (TPSA) is 52.6 Å². The number of rotatable bonds is 4. The Labute approximate surface area is 66.9 Å². The van der Waals surface area contributed by atoms with Gasteiger partial charge in [-0.3, -0.25) is 0 Å². The van der Waals surface area contributed by atoms with E-state index in [-0.39, 0.29) is 6.61 Å². The zero-order valence-electron chi connectivity index (χ0n) is 5.88. The lowest BCUT2D eigenvalue weighted by Crippen LogP contribution is -2.08. The molecule has 0 aliphatic heterocycles. The second kappa shape index (κ2) is 4.31. The quantitative estimate of drug-likeness (QED) is 0.651. The Kier molecular flexibility index (Phi) is 4.04. The van der Waals surface area contributed by atoms with Crippen molar-refractivity contribution in [2.75, 3.05) is 6.61 Å². The second-order valence-electron chi connectivity index (χ2n) is 1.43. The third-order valence-corrected chi connectivity index (χ3v) is 1.46. The first-order valence-corrected chi connectivity index (χ1v) is 4.02. The maximum atomic E-state index is 11.8. The molecular formula is C4H5F3O4S. The van der Waals surface area contributed by atoms with Crippen molar-refractivity contribution in [2.24, 2.45) is 0 Å². The molecule has 0 saturated carbocycles. The van der Waals surface area contributed by atoms with Gasteiger partial charge in [-0.25, -0.2) is 4.18 Å². The van der Waals surface area contributed by atoms with E-state index in [1.165, 1.54) is 6.92 Å². The zero-order chi connectivity index (χ0) is 9.78. The van der Waals surface area contributed by atoms with E-state index in [0.717, 1.165) is 0 Å². The first-order chi connectivity index (χ1) is 5.39. The van der Waals surface area contributed by atoms with Crippen LogP contribution in [0.4, 0.5) is 13.2 Å². The predicted octanol–water partition coefficient (Wildman–Crippen LogP) is 1.32. The van der Waals surface area contributed by atoms with Gasteiger partial charge in [-0.15, -0.1) is 0 Å². The van der Waals surface area contributed by atoms with Crippen LogP contribution in [0.25, 0.3) is 0 Å². The molecule has 0 spiro atoms. The number of hydrogen-bond donors (Lipinski definition) is 0. The normalized spacial score (nSPS) is 11.0. The summed E-state index contributed by atoms with van der Waals surface area (Å²) < 4.78 is 61.8. The molecule has 4 nitrogen and oxygen atoms in total. The van der Waals surface area contributed by atoms with Gasteiger partial charge in [-0.05, 0) is 6.92 Å². The molecule has 12 heavy (non-hydrogen) atoms. The van der Waals surface area contributed by atoms with E-state index >= 15 is 0 Å². The lowest BCUT2D eigenvalue weighted by molar-refractivity contribution is 0.197. The van der Waals surface area contributed by atoms with Crippen LogP contribution in [-0.2, 0) is 18.8 Å². The van der Waals surface area contributed by atoms with Gasteiger partial charge in [0.25, 0.3) is 0 Å². The van der Waals surface area contributed by atoms with E-state index in [0.29, 0.717) is 0 Å². The monoisotopic (exact) mass is 206 g/mol.